The number of thiophene rings is 1. The van der Waals surface area contributed by atoms with Crippen LogP contribution in [0.1, 0.15) is 23.0 Å². The van der Waals surface area contributed by atoms with Crippen LogP contribution in [0.15, 0.2) is 6.07 Å². The first-order valence-electron chi connectivity index (χ1n) is 5.58. The number of halogens is 1. The van der Waals surface area contributed by atoms with Crippen LogP contribution < -0.4 is 5.19 Å². The molecule has 6 heteroatoms. The summed E-state index contributed by atoms with van der Waals surface area (Å²) in [5.41, 5.74) is 0. The van der Waals surface area contributed by atoms with Gasteiger partial charge in [-0.05, 0) is 17.7 Å². The molecule has 0 spiro atoms. The maximum Gasteiger partial charge on any atom is 0.287 e. The van der Waals surface area contributed by atoms with E-state index in [1.807, 2.05) is 13.0 Å². The molecule has 1 amide bonds. The summed E-state index contributed by atoms with van der Waals surface area (Å²) < 4.78 is 0.607. The molecular formula is C11H18ClNO2SSi. The second-order valence-electron chi connectivity index (χ2n) is 4.97. The van der Waals surface area contributed by atoms with Crippen LogP contribution in [0.25, 0.3) is 0 Å². The average molecular weight is 292 g/mol. The monoisotopic (exact) mass is 291 g/mol. The van der Waals surface area contributed by atoms with Crippen molar-refractivity contribution in [3.8, 4) is 0 Å². The van der Waals surface area contributed by atoms with Gasteiger partial charge in [0.1, 0.15) is 0 Å². The molecule has 0 aliphatic rings. The molecule has 1 rings (SSSR count). The molecule has 0 saturated heterocycles. The summed E-state index contributed by atoms with van der Waals surface area (Å²) in [7, 11) is -1.62. The number of carbonyl (C=O) groups excluding carboxylic acids is 1. The van der Waals surface area contributed by atoms with E-state index in [0.29, 0.717) is 15.8 Å². The Kier molecular flexibility index (Phi) is 4.77. The van der Waals surface area contributed by atoms with E-state index in [9.17, 15) is 10.0 Å². The number of hydrogen-bond acceptors (Lipinski definition) is 3. The maximum atomic E-state index is 12.1. The van der Waals surface area contributed by atoms with Crippen LogP contribution in [0.4, 0.5) is 0 Å². The molecule has 0 radical (unpaired) electrons. The predicted octanol–water partition coefficient (Wildman–Crippen LogP) is 3.19. The summed E-state index contributed by atoms with van der Waals surface area (Å²) in [5, 5.41) is 11.4. The zero-order valence-electron chi connectivity index (χ0n) is 10.6. The SMILES string of the molecule is CCCN(O)C(=O)c1sc(Cl)cc1[Si](C)(C)C. The Morgan fingerprint density at radius 1 is 1.53 bits per heavy atom. The molecule has 1 heterocycles. The first-order chi connectivity index (χ1) is 7.77. The van der Waals surface area contributed by atoms with E-state index in [2.05, 4.69) is 19.6 Å². The lowest BCUT2D eigenvalue weighted by Gasteiger charge is -2.19. The minimum Gasteiger partial charge on any atom is -0.286 e. The first-order valence-corrected chi connectivity index (χ1v) is 10.3. The summed E-state index contributed by atoms with van der Waals surface area (Å²) in [6.07, 6.45) is 0.726. The number of hydroxylamine groups is 2. The molecule has 0 unspecified atom stereocenters. The lowest BCUT2D eigenvalue weighted by atomic mass is 10.4. The smallest absolute Gasteiger partial charge is 0.286 e. The summed E-state index contributed by atoms with van der Waals surface area (Å²) >= 11 is 7.24. The topological polar surface area (TPSA) is 40.5 Å². The number of amides is 1. The highest BCUT2D eigenvalue weighted by Crippen LogP contribution is 2.24. The van der Waals surface area contributed by atoms with Gasteiger partial charge in [0.05, 0.1) is 17.3 Å². The fourth-order valence-corrected chi connectivity index (χ4v) is 5.21. The standard InChI is InChI=1S/C11H18ClNO2SSi/c1-5-6-13(15)11(14)10-8(17(2,3)4)7-9(12)16-10/h7,15H,5-6H2,1-4H3. The Balaban J connectivity index is 3.09. The lowest BCUT2D eigenvalue weighted by Crippen LogP contribution is -2.42. The minimum atomic E-state index is -1.62. The molecule has 0 aliphatic carbocycles. The van der Waals surface area contributed by atoms with Crippen molar-refractivity contribution in [3.05, 3.63) is 15.3 Å². The van der Waals surface area contributed by atoms with E-state index in [-0.39, 0.29) is 5.91 Å². The van der Waals surface area contributed by atoms with Crippen molar-refractivity contribution in [3.63, 3.8) is 0 Å². The van der Waals surface area contributed by atoms with E-state index in [1.54, 1.807) is 0 Å². The molecular weight excluding hydrogens is 274 g/mol. The van der Waals surface area contributed by atoms with Crippen molar-refractivity contribution >= 4 is 42.1 Å². The van der Waals surface area contributed by atoms with Gasteiger partial charge in [0, 0.05) is 6.54 Å². The molecule has 3 nitrogen and oxygen atoms in total. The van der Waals surface area contributed by atoms with Crippen LogP contribution in [-0.4, -0.2) is 30.8 Å². The van der Waals surface area contributed by atoms with Gasteiger partial charge in [-0.15, -0.1) is 11.3 Å². The van der Waals surface area contributed by atoms with Crippen LogP contribution in [0, 0.1) is 0 Å². The van der Waals surface area contributed by atoms with Gasteiger partial charge in [0.15, 0.2) is 0 Å². The highest BCUT2D eigenvalue weighted by molar-refractivity contribution is 7.20. The second-order valence-corrected chi connectivity index (χ2v) is 11.7. The Morgan fingerprint density at radius 3 is 2.59 bits per heavy atom. The van der Waals surface area contributed by atoms with Gasteiger partial charge in [0.25, 0.3) is 5.91 Å². The molecule has 17 heavy (non-hydrogen) atoms. The summed E-state index contributed by atoms with van der Waals surface area (Å²) in [4.78, 5) is 12.7. The molecule has 1 aromatic rings. The highest BCUT2D eigenvalue weighted by Gasteiger charge is 2.28. The van der Waals surface area contributed by atoms with Crippen molar-refractivity contribution in [2.75, 3.05) is 6.54 Å². The summed E-state index contributed by atoms with van der Waals surface area (Å²) in [6, 6.07) is 1.87. The van der Waals surface area contributed by atoms with Gasteiger partial charge in [-0.2, -0.15) is 0 Å². The van der Waals surface area contributed by atoms with Gasteiger partial charge in [0.2, 0.25) is 0 Å². The number of hydrogen-bond donors (Lipinski definition) is 1. The van der Waals surface area contributed by atoms with E-state index < -0.39 is 8.07 Å². The van der Waals surface area contributed by atoms with E-state index in [4.69, 9.17) is 11.6 Å². The number of rotatable bonds is 4. The Morgan fingerprint density at radius 2 is 2.12 bits per heavy atom. The molecule has 0 atom stereocenters. The van der Waals surface area contributed by atoms with Crippen molar-refractivity contribution in [1.29, 1.82) is 0 Å². The van der Waals surface area contributed by atoms with Gasteiger partial charge >= 0.3 is 0 Å². The summed E-state index contributed by atoms with van der Waals surface area (Å²) in [5.74, 6) is -0.332. The second kappa shape index (κ2) is 5.52. The highest BCUT2D eigenvalue weighted by atomic mass is 35.5. The largest absolute Gasteiger partial charge is 0.287 e. The van der Waals surface area contributed by atoms with Gasteiger partial charge in [-0.3, -0.25) is 10.0 Å². The molecule has 1 aromatic heterocycles. The molecule has 1 N–H and O–H groups in total. The third-order valence-corrected chi connectivity index (χ3v) is 5.82. The minimum absolute atomic E-state index is 0.332. The Bertz CT molecular complexity index is 414. The Hall–Kier alpha value is -0.363. The fourth-order valence-electron chi connectivity index (χ4n) is 1.51. The van der Waals surface area contributed by atoms with Crippen LogP contribution >= 0.6 is 22.9 Å². The van der Waals surface area contributed by atoms with Crippen LogP contribution in [0.2, 0.25) is 24.0 Å². The van der Waals surface area contributed by atoms with Crippen molar-refractivity contribution < 1.29 is 10.0 Å². The van der Waals surface area contributed by atoms with Crippen molar-refractivity contribution in [1.82, 2.24) is 5.06 Å². The van der Waals surface area contributed by atoms with Crippen LogP contribution in [0.3, 0.4) is 0 Å². The average Bonchev–Trinajstić information content (AvgIpc) is 2.59. The third kappa shape index (κ3) is 3.55. The van der Waals surface area contributed by atoms with E-state index in [1.165, 1.54) is 11.3 Å². The zero-order chi connectivity index (χ0) is 13.2. The first kappa shape index (κ1) is 14.7. The quantitative estimate of drug-likeness (QED) is 0.526. The van der Waals surface area contributed by atoms with Crippen LogP contribution in [0.5, 0.6) is 0 Å². The number of nitrogens with zero attached hydrogens (tertiary/aromatic N) is 1. The van der Waals surface area contributed by atoms with Crippen molar-refractivity contribution in [2.24, 2.45) is 0 Å². The third-order valence-electron chi connectivity index (χ3n) is 2.37. The van der Waals surface area contributed by atoms with Crippen LogP contribution in [-0.2, 0) is 0 Å². The molecule has 0 saturated carbocycles. The molecule has 0 aromatic carbocycles. The van der Waals surface area contributed by atoms with Gasteiger partial charge in [-0.1, -0.05) is 38.2 Å². The molecule has 0 fully saturated rings. The fraction of sp³-hybridized carbons (Fsp3) is 0.545. The van der Waals surface area contributed by atoms with E-state index in [0.717, 1.165) is 16.7 Å². The normalized spacial score (nSPS) is 11.6. The maximum absolute atomic E-state index is 12.1. The van der Waals surface area contributed by atoms with Crippen molar-refractivity contribution in [2.45, 2.75) is 33.0 Å². The summed E-state index contributed by atoms with van der Waals surface area (Å²) in [6.45, 7) is 8.73. The Labute approximate surface area is 112 Å². The molecule has 0 aliphatic heterocycles. The van der Waals surface area contributed by atoms with E-state index >= 15 is 0 Å². The predicted molar refractivity (Wildman–Crippen MR) is 75.4 cm³/mol. The molecule has 0 bridgehead atoms. The molecule has 96 valence electrons. The lowest BCUT2D eigenvalue weighted by molar-refractivity contribution is -0.0573. The van der Waals surface area contributed by atoms with Gasteiger partial charge < -0.3 is 0 Å². The van der Waals surface area contributed by atoms with Gasteiger partial charge in [-0.25, -0.2) is 5.06 Å². The zero-order valence-corrected chi connectivity index (χ0v) is 13.2. The number of carbonyl (C=O) groups is 1.